The molecule has 0 aromatic heterocycles. The van der Waals surface area contributed by atoms with Crippen molar-refractivity contribution >= 4 is 11.2 Å². The summed E-state index contributed by atoms with van der Waals surface area (Å²) in [7, 11) is 0. The fraction of sp³-hybridized carbons (Fsp3) is 0.500. The smallest absolute Gasteiger partial charge is 0.131 e. The quantitative estimate of drug-likeness (QED) is 0.397. The molecule has 1 unspecified atom stereocenters. The summed E-state index contributed by atoms with van der Waals surface area (Å²) in [5.41, 5.74) is 0. The Kier molecular flexibility index (Phi) is 1.17. The molecule has 0 saturated heterocycles. The average Bonchev–Trinajstić information content (AvgIpc) is 1.86. The van der Waals surface area contributed by atoms with E-state index in [1.807, 2.05) is 6.08 Å². The standard InChI is InChI=1S/C4H5OS/c5-6-3-1-2-4-6/h1H,3-4H2. The van der Waals surface area contributed by atoms with Crippen molar-refractivity contribution in [2.75, 3.05) is 11.5 Å². The predicted molar refractivity (Wildman–Crippen MR) is 25.7 cm³/mol. The van der Waals surface area contributed by atoms with Crippen molar-refractivity contribution in [3.63, 3.8) is 0 Å². The minimum atomic E-state index is -0.590. The predicted octanol–water partition coefficient (Wildman–Crippen LogP) is 0.108. The van der Waals surface area contributed by atoms with Gasteiger partial charge in [-0.3, -0.25) is 0 Å². The second kappa shape index (κ2) is 1.67. The van der Waals surface area contributed by atoms with Crippen LogP contribution in [0, 0.1) is 6.08 Å². The zero-order chi connectivity index (χ0) is 4.41. The van der Waals surface area contributed by atoms with Crippen molar-refractivity contribution in [1.29, 1.82) is 0 Å². The molecule has 1 aliphatic heterocycles. The lowest BCUT2D eigenvalue weighted by Crippen LogP contribution is -1.99. The Morgan fingerprint density at radius 1 is 1.83 bits per heavy atom. The summed E-state index contributed by atoms with van der Waals surface area (Å²) in [5.74, 6) is 1.37. The van der Waals surface area contributed by atoms with Gasteiger partial charge in [0.25, 0.3) is 0 Å². The SMILES string of the molecule is [O-][S+]1C[C]=CC1. The average molecular weight is 101 g/mol. The molecule has 33 valence electrons. The first-order valence-electron chi connectivity index (χ1n) is 1.79. The van der Waals surface area contributed by atoms with Crippen LogP contribution >= 0.6 is 0 Å². The Morgan fingerprint density at radius 2 is 2.67 bits per heavy atom. The molecule has 0 bridgehead atoms. The highest BCUT2D eigenvalue weighted by Crippen LogP contribution is 1.97. The third-order valence-corrected chi connectivity index (χ3v) is 1.68. The Bertz CT molecular complexity index is 61.9. The summed E-state index contributed by atoms with van der Waals surface area (Å²) in [6.07, 6.45) is 4.68. The van der Waals surface area contributed by atoms with Crippen LogP contribution in [0.4, 0.5) is 0 Å². The zero-order valence-electron chi connectivity index (χ0n) is 3.31. The van der Waals surface area contributed by atoms with Crippen LogP contribution in [0.25, 0.3) is 0 Å². The molecule has 2 heteroatoms. The van der Waals surface area contributed by atoms with Crippen LogP contribution in [0.2, 0.25) is 0 Å². The molecule has 0 fully saturated rings. The van der Waals surface area contributed by atoms with Crippen LogP contribution in [0.1, 0.15) is 0 Å². The fourth-order valence-corrected chi connectivity index (χ4v) is 1.09. The molecule has 0 N–H and O–H groups in total. The molecule has 1 nitrogen and oxygen atoms in total. The van der Waals surface area contributed by atoms with Crippen LogP contribution in [0.3, 0.4) is 0 Å². The molecule has 1 radical (unpaired) electrons. The van der Waals surface area contributed by atoms with Crippen LogP contribution in [0.15, 0.2) is 6.08 Å². The van der Waals surface area contributed by atoms with E-state index < -0.39 is 11.2 Å². The van der Waals surface area contributed by atoms with Gasteiger partial charge in [0.15, 0.2) is 0 Å². The van der Waals surface area contributed by atoms with Gasteiger partial charge < -0.3 is 4.55 Å². The van der Waals surface area contributed by atoms with Crippen molar-refractivity contribution in [3.8, 4) is 0 Å². The maximum absolute atomic E-state index is 10.3. The summed E-state index contributed by atoms with van der Waals surface area (Å²) < 4.78 is 10.3. The zero-order valence-corrected chi connectivity index (χ0v) is 4.12. The third kappa shape index (κ3) is 0.758. The summed E-state index contributed by atoms with van der Waals surface area (Å²) in [6.45, 7) is 0. The highest BCUT2D eigenvalue weighted by molar-refractivity contribution is 7.91. The molecule has 0 amide bonds. The number of rotatable bonds is 0. The van der Waals surface area contributed by atoms with Crippen molar-refractivity contribution in [1.82, 2.24) is 0 Å². The largest absolute Gasteiger partial charge is 0.616 e. The van der Waals surface area contributed by atoms with Gasteiger partial charge in [-0.15, -0.1) is 0 Å². The van der Waals surface area contributed by atoms with E-state index >= 15 is 0 Å². The number of hydrogen-bond donors (Lipinski definition) is 0. The lowest BCUT2D eigenvalue weighted by Gasteiger charge is -1.96. The summed E-state index contributed by atoms with van der Waals surface area (Å²) in [6, 6.07) is 0. The van der Waals surface area contributed by atoms with E-state index in [0.29, 0.717) is 5.75 Å². The first kappa shape index (κ1) is 4.22. The van der Waals surface area contributed by atoms with Gasteiger partial charge in [0, 0.05) is 6.08 Å². The van der Waals surface area contributed by atoms with Gasteiger partial charge in [-0.25, -0.2) is 0 Å². The highest BCUT2D eigenvalue weighted by Gasteiger charge is 2.04. The minimum absolute atomic E-state index is 0.590. The first-order chi connectivity index (χ1) is 2.89. The molecule has 1 rings (SSSR count). The Morgan fingerprint density at radius 3 is 2.83 bits per heavy atom. The van der Waals surface area contributed by atoms with E-state index in [1.165, 1.54) is 0 Å². The van der Waals surface area contributed by atoms with E-state index in [-0.39, 0.29) is 0 Å². The minimum Gasteiger partial charge on any atom is -0.616 e. The van der Waals surface area contributed by atoms with Gasteiger partial charge in [-0.05, 0) is 17.3 Å². The van der Waals surface area contributed by atoms with Gasteiger partial charge in [-0.2, -0.15) is 0 Å². The topological polar surface area (TPSA) is 23.1 Å². The van der Waals surface area contributed by atoms with E-state index in [1.54, 1.807) is 0 Å². The summed E-state index contributed by atoms with van der Waals surface area (Å²) in [4.78, 5) is 0. The van der Waals surface area contributed by atoms with Gasteiger partial charge in [-0.1, -0.05) is 0 Å². The van der Waals surface area contributed by atoms with Crippen LogP contribution in [-0.4, -0.2) is 16.1 Å². The molecule has 0 aromatic carbocycles. The Balaban J connectivity index is 2.32. The first-order valence-corrected chi connectivity index (χ1v) is 3.28. The van der Waals surface area contributed by atoms with E-state index in [9.17, 15) is 4.55 Å². The molecule has 1 atom stereocenters. The van der Waals surface area contributed by atoms with Crippen LogP contribution in [-0.2, 0) is 11.2 Å². The van der Waals surface area contributed by atoms with E-state index in [2.05, 4.69) is 6.08 Å². The monoisotopic (exact) mass is 101 g/mol. The second-order valence-corrected chi connectivity index (χ2v) is 2.66. The van der Waals surface area contributed by atoms with Gasteiger partial charge >= 0.3 is 0 Å². The highest BCUT2D eigenvalue weighted by atomic mass is 32.2. The van der Waals surface area contributed by atoms with Crippen LogP contribution in [0.5, 0.6) is 0 Å². The van der Waals surface area contributed by atoms with Gasteiger partial charge in [0.05, 0.1) is 0 Å². The second-order valence-electron chi connectivity index (χ2n) is 1.16. The summed E-state index contributed by atoms with van der Waals surface area (Å²) in [5, 5.41) is 0. The lowest BCUT2D eigenvalue weighted by molar-refractivity contribution is 0.602. The molecule has 1 aliphatic rings. The Hall–Kier alpha value is 0.0500. The molecule has 1 heterocycles. The van der Waals surface area contributed by atoms with Gasteiger partial charge in [0.2, 0.25) is 0 Å². The van der Waals surface area contributed by atoms with Crippen LogP contribution < -0.4 is 0 Å². The summed E-state index contributed by atoms with van der Waals surface area (Å²) >= 11 is -0.590. The maximum atomic E-state index is 10.3. The molecular weight excluding hydrogens is 96.1 g/mol. The van der Waals surface area contributed by atoms with Crippen molar-refractivity contribution < 1.29 is 4.55 Å². The maximum Gasteiger partial charge on any atom is 0.131 e. The van der Waals surface area contributed by atoms with Crippen molar-refractivity contribution in [3.05, 3.63) is 12.2 Å². The molecule has 0 aromatic rings. The number of hydrogen-bond acceptors (Lipinski definition) is 1. The van der Waals surface area contributed by atoms with Gasteiger partial charge in [0.1, 0.15) is 11.5 Å². The van der Waals surface area contributed by atoms with E-state index in [0.717, 1.165) is 5.75 Å². The lowest BCUT2D eigenvalue weighted by atomic mass is 10.6. The molecule has 0 aliphatic carbocycles. The molecule has 6 heavy (non-hydrogen) atoms. The van der Waals surface area contributed by atoms with E-state index in [4.69, 9.17) is 0 Å². The molecular formula is C4H5OS. The normalized spacial score (nSPS) is 22.8. The van der Waals surface area contributed by atoms with Crippen molar-refractivity contribution in [2.24, 2.45) is 0 Å². The molecule has 0 spiro atoms. The molecule has 0 saturated carbocycles. The third-order valence-electron chi connectivity index (χ3n) is 0.658. The fourth-order valence-electron chi connectivity index (χ4n) is 0.363. The van der Waals surface area contributed by atoms with Crippen molar-refractivity contribution in [2.45, 2.75) is 0 Å². The Labute approximate surface area is 40.2 Å².